The van der Waals surface area contributed by atoms with Gasteiger partial charge in [0.25, 0.3) is 0 Å². The van der Waals surface area contributed by atoms with Gasteiger partial charge in [0.05, 0.1) is 11.2 Å². The summed E-state index contributed by atoms with van der Waals surface area (Å²) in [6, 6.07) is 0. The molecule has 0 saturated carbocycles. The van der Waals surface area contributed by atoms with Gasteiger partial charge >= 0.3 is 0 Å². The van der Waals surface area contributed by atoms with Crippen molar-refractivity contribution in [1.29, 1.82) is 0 Å². The van der Waals surface area contributed by atoms with Crippen LogP contribution in [0.15, 0.2) is 0 Å². The molecule has 0 saturated heterocycles. The first-order valence-electron chi connectivity index (χ1n) is 5.99. The van der Waals surface area contributed by atoms with Gasteiger partial charge < -0.3 is 9.47 Å². The highest BCUT2D eigenvalue weighted by molar-refractivity contribution is 4.59. The van der Waals surface area contributed by atoms with Gasteiger partial charge in [0.2, 0.25) is 0 Å². The average molecular weight is 216 g/mol. The largest absolute Gasteiger partial charge is 0.376 e. The molecule has 2 heteroatoms. The molecule has 92 valence electrons. The quantitative estimate of drug-likeness (QED) is 0.629. The zero-order valence-corrected chi connectivity index (χ0v) is 11.4. The summed E-state index contributed by atoms with van der Waals surface area (Å²) in [7, 11) is 0. The molecule has 0 atom stereocenters. The third-order valence-electron chi connectivity index (χ3n) is 1.86. The zero-order chi connectivity index (χ0) is 11.9. The van der Waals surface area contributed by atoms with Gasteiger partial charge in [-0.05, 0) is 60.8 Å². The molecule has 0 aliphatic rings. The van der Waals surface area contributed by atoms with E-state index in [-0.39, 0.29) is 11.2 Å². The van der Waals surface area contributed by atoms with Gasteiger partial charge in [-0.3, -0.25) is 0 Å². The van der Waals surface area contributed by atoms with Crippen molar-refractivity contribution in [2.45, 2.75) is 72.0 Å². The molecule has 0 aromatic rings. The monoisotopic (exact) mass is 216 g/mol. The van der Waals surface area contributed by atoms with Gasteiger partial charge in [0.15, 0.2) is 0 Å². The molecule has 0 radical (unpaired) electrons. The zero-order valence-electron chi connectivity index (χ0n) is 11.4. The Kier molecular flexibility index (Phi) is 6.46. The van der Waals surface area contributed by atoms with Crippen LogP contribution in [0.1, 0.15) is 60.8 Å². The van der Waals surface area contributed by atoms with E-state index in [1.54, 1.807) is 0 Å². The number of unbranched alkanes of at least 4 members (excludes halogenated alkanes) is 2. The summed E-state index contributed by atoms with van der Waals surface area (Å²) in [4.78, 5) is 0. The molecule has 0 aromatic heterocycles. The van der Waals surface area contributed by atoms with E-state index in [2.05, 4.69) is 41.5 Å². The van der Waals surface area contributed by atoms with Gasteiger partial charge in [0, 0.05) is 13.2 Å². The fourth-order valence-electron chi connectivity index (χ4n) is 1.14. The third kappa shape index (κ3) is 13.9. The van der Waals surface area contributed by atoms with E-state index in [1.807, 2.05) is 0 Å². The van der Waals surface area contributed by atoms with Crippen LogP contribution in [0.4, 0.5) is 0 Å². The van der Waals surface area contributed by atoms with Crippen LogP contribution < -0.4 is 0 Å². The van der Waals surface area contributed by atoms with E-state index < -0.39 is 0 Å². The Morgan fingerprint density at radius 1 is 0.600 bits per heavy atom. The number of hydrogen-bond acceptors (Lipinski definition) is 2. The van der Waals surface area contributed by atoms with Gasteiger partial charge in [-0.1, -0.05) is 0 Å². The summed E-state index contributed by atoms with van der Waals surface area (Å²) < 4.78 is 11.3. The maximum absolute atomic E-state index is 5.64. The summed E-state index contributed by atoms with van der Waals surface area (Å²) >= 11 is 0. The maximum atomic E-state index is 5.64. The highest BCUT2D eigenvalue weighted by Gasteiger charge is 2.10. The Morgan fingerprint density at radius 2 is 0.933 bits per heavy atom. The van der Waals surface area contributed by atoms with E-state index in [9.17, 15) is 0 Å². The van der Waals surface area contributed by atoms with E-state index in [1.165, 1.54) is 6.42 Å². The predicted molar refractivity (Wildman–Crippen MR) is 65.3 cm³/mol. The molecule has 0 bridgehead atoms. The van der Waals surface area contributed by atoms with Gasteiger partial charge in [-0.25, -0.2) is 0 Å². The van der Waals surface area contributed by atoms with Crippen LogP contribution in [0.5, 0.6) is 0 Å². The highest BCUT2D eigenvalue weighted by Crippen LogP contribution is 2.10. The van der Waals surface area contributed by atoms with Crippen molar-refractivity contribution in [3.63, 3.8) is 0 Å². The van der Waals surface area contributed by atoms with Crippen molar-refractivity contribution in [2.75, 3.05) is 13.2 Å². The van der Waals surface area contributed by atoms with Crippen molar-refractivity contribution in [3.05, 3.63) is 0 Å². The smallest absolute Gasteiger partial charge is 0.0598 e. The van der Waals surface area contributed by atoms with Crippen LogP contribution in [-0.4, -0.2) is 24.4 Å². The fraction of sp³-hybridized carbons (Fsp3) is 1.00. The normalized spacial score (nSPS) is 13.2. The van der Waals surface area contributed by atoms with E-state index in [0.29, 0.717) is 0 Å². The lowest BCUT2D eigenvalue weighted by Crippen LogP contribution is -2.20. The van der Waals surface area contributed by atoms with Crippen LogP contribution in [-0.2, 0) is 9.47 Å². The molecule has 15 heavy (non-hydrogen) atoms. The van der Waals surface area contributed by atoms with Crippen molar-refractivity contribution in [3.8, 4) is 0 Å². The maximum Gasteiger partial charge on any atom is 0.0598 e. The van der Waals surface area contributed by atoms with Crippen LogP contribution >= 0.6 is 0 Å². The second-order valence-corrected chi connectivity index (χ2v) is 5.98. The SMILES string of the molecule is CC(C)(C)OCCCCCOC(C)(C)C. The summed E-state index contributed by atoms with van der Waals surface area (Å²) in [5.41, 5.74) is 0.00379. The van der Waals surface area contributed by atoms with Crippen molar-refractivity contribution in [1.82, 2.24) is 0 Å². The van der Waals surface area contributed by atoms with Crippen molar-refractivity contribution in [2.24, 2.45) is 0 Å². The summed E-state index contributed by atoms with van der Waals surface area (Å²) in [5, 5.41) is 0. The lowest BCUT2D eigenvalue weighted by Gasteiger charge is -2.20. The third-order valence-corrected chi connectivity index (χ3v) is 1.86. The Balaban J connectivity index is 3.20. The summed E-state index contributed by atoms with van der Waals surface area (Å²) in [6.45, 7) is 14.3. The molecule has 2 nitrogen and oxygen atoms in total. The molecule has 0 aliphatic carbocycles. The molecule has 0 aliphatic heterocycles. The summed E-state index contributed by atoms with van der Waals surface area (Å²) in [5.74, 6) is 0. The summed E-state index contributed by atoms with van der Waals surface area (Å²) in [6.07, 6.45) is 3.45. The first-order chi connectivity index (χ1) is 6.71. The van der Waals surface area contributed by atoms with E-state index in [0.717, 1.165) is 26.1 Å². The molecule has 0 aromatic carbocycles. The van der Waals surface area contributed by atoms with E-state index in [4.69, 9.17) is 9.47 Å². The second-order valence-electron chi connectivity index (χ2n) is 5.98. The Labute approximate surface area is 95.3 Å². The first kappa shape index (κ1) is 14.9. The molecule has 0 amide bonds. The van der Waals surface area contributed by atoms with E-state index >= 15 is 0 Å². The molecule has 0 N–H and O–H groups in total. The number of rotatable bonds is 6. The molecular weight excluding hydrogens is 188 g/mol. The lowest BCUT2D eigenvalue weighted by atomic mass is 10.2. The van der Waals surface area contributed by atoms with Crippen LogP contribution in [0.2, 0.25) is 0 Å². The number of ether oxygens (including phenoxy) is 2. The minimum absolute atomic E-state index is 0.00189. The topological polar surface area (TPSA) is 18.5 Å². The minimum Gasteiger partial charge on any atom is -0.376 e. The van der Waals surface area contributed by atoms with Gasteiger partial charge in [-0.2, -0.15) is 0 Å². The molecule has 0 unspecified atom stereocenters. The number of hydrogen-bond donors (Lipinski definition) is 0. The van der Waals surface area contributed by atoms with Crippen LogP contribution in [0, 0.1) is 0 Å². The van der Waals surface area contributed by atoms with Gasteiger partial charge in [0.1, 0.15) is 0 Å². The predicted octanol–water partition coefficient (Wildman–Crippen LogP) is 3.79. The first-order valence-corrected chi connectivity index (χ1v) is 5.99. The van der Waals surface area contributed by atoms with Crippen molar-refractivity contribution < 1.29 is 9.47 Å². The molecular formula is C13H28O2. The fourth-order valence-corrected chi connectivity index (χ4v) is 1.14. The standard InChI is InChI=1S/C13H28O2/c1-12(2,3)14-10-8-7-9-11-15-13(4,5)6/h7-11H2,1-6H3. The Hall–Kier alpha value is -0.0800. The van der Waals surface area contributed by atoms with Crippen LogP contribution in [0.25, 0.3) is 0 Å². The Morgan fingerprint density at radius 3 is 1.20 bits per heavy atom. The van der Waals surface area contributed by atoms with Crippen LogP contribution in [0.3, 0.4) is 0 Å². The molecule has 0 spiro atoms. The van der Waals surface area contributed by atoms with Gasteiger partial charge in [-0.15, -0.1) is 0 Å². The lowest BCUT2D eigenvalue weighted by molar-refractivity contribution is -0.0136. The second kappa shape index (κ2) is 6.49. The highest BCUT2D eigenvalue weighted by atomic mass is 16.5. The molecule has 0 heterocycles. The van der Waals surface area contributed by atoms with Crippen molar-refractivity contribution >= 4 is 0 Å². The molecule has 0 fully saturated rings. The minimum atomic E-state index is 0.00189. The average Bonchev–Trinajstić information content (AvgIpc) is 1.98. The molecule has 0 rings (SSSR count). The Bertz CT molecular complexity index is 133.